The molecule has 0 spiro atoms. The summed E-state index contributed by atoms with van der Waals surface area (Å²) in [5.74, 6) is 0.503. The molecule has 0 unspecified atom stereocenters. The van der Waals surface area contributed by atoms with Crippen LogP contribution in [0.5, 0.6) is 0 Å². The van der Waals surface area contributed by atoms with Gasteiger partial charge in [0, 0.05) is 17.4 Å². The van der Waals surface area contributed by atoms with Crippen molar-refractivity contribution in [1.82, 2.24) is 20.3 Å². The largest absolute Gasteiger partial charge is 0.357 e. The number of halogens is 1. The lowest BCUT2D eigenvalue weighted by atomic mass is 10.1. The number of aryl methyl sites for hydroxylation is 1. The first-order valence-corrected chi connectivity index (χ1v) is 7.51. The molecule has 0 saturated carbocycles. The van der Waals surface area contributed by atoms with Crippen LogP contribution in [0.3, 0.4) is 0 Å². The number of benzene rings is 1. The Hall–Kier alpha value is -2.66. The van der Waals surface area contributed by atoms with Gasteiger partial charge in [-0.25, -0.2) is 9.97 Å². The van der Waals surface area contributed by atoms with Crippen molar-refractivity contribution in [1.29, 1.82) is 0 Å². The maximum Gasteiger partial charge on any atom is 0.268 e. The van der Waals surface area contributed by atoms with Crippen LogP contribution in [0.1, 0.15) is 22.0 Å². The first kappa shape index (κ1) is 15.2. The van der Waals surface area contributed by atoms with E-state index in [-0.39, 0.29) is 5.91 Å². The summed E-state index contributed by atoms with van der Waals surface area (Å²) in [6.45, 7) is 2.17. The lowest BCUT2D eigenvalue weighted by Crippen LogP contribution is -2.23. The molecule has 2 aromatic heterocycles. The molecule has 116 valence electrons. The number of amides is 1. The Balaban J connectivity index is 1.67. The van der Waals surface area contributed by atoms with Crippen molar-refractivity contribution < 1.29 is 4.79 Å². The Labute approximate surface area is 138 Å². The van der Waals surface area contributed by atoms with E-state index in [1.54, 1.807) is 18.5 Å². The van der Waals surface area contributed by atoms with Gasteiger partial charge in [0.25, 0.3) is 5.91 Å². The number of rotatable bonds is 4. The molecule has 1 aromatic carbocycles. The molecule has 2 N–H and O–H groups in total. The number of H-pyrrole nitrogens is 1. The number of carbonyl (C=O) groups is 1. The Kier molecular flexibility index (Phi) is 4.39. The van der Waals surface area contributed by atoms with Crippen LogP contribution in [0.15, 0.2) is 48.8 Å². The molecule has 2 heterocycles. The van der Waals surface area contributed by atoms with E-state index >= 15 is 0 Å². The fourth-order valence-corrected chi connectivity index (χ4v) is 2.33. The minimum atomic E-state index is -0.179. The highest BCUT2D eigenvalue weighted by Crippen LogP contribution is 2.22. The van der Waals surface area contributed by atoms with E-state index in [1.807, 2.05) is 37.3 Å². The lowest BCUT2D eigenvalue weighted by Gasteiger charge is -2.03. The maximum atomic E-state index is 12.2. The van der Waals surface area contributed by atoms with Gasteiger partial charge in [0.15, 0.2) is 0 Å². The van der Waals surface area contributed by atoms with Crippen LogP contribution >= 0.6 is 11.6 Å². The van der Waals surface area contributed by atoms with Gasteiger partial charge in [-0.15, -0.1) is 0 Å². The highest BCUT2D eigenvalue weighted by atomic mass is 35.5. The second kappa shape index (κ2) is 6.62. The molecule has 6 heteroatoms. The van der Waals surface area contributed by atoms with Crippen LogP contribution < -0.4 is 5.32 Å². The van der Waals surface area contributed by atoms with Crippen molar-refractivity contribution in [2.45, 2.75) is 13.5 Å². The van der Waals surface area contributed by atoms with Gasteiger partial charge in [-0.05, 0) is 42.3 Å². The summed E-state index contributed by atoms with van der Waals surface area (Å²) >= 11 is 5.88. The van der Waals surface area contributed by atoms with Crippen LogP contribution in [0, 0.1) is 6.92 Å². The molecule has 0 aliphatic rings. The molecule has 0 aliphatic heterocycles. The van der Waals surface area contributed by atoms with Gasteiger partial charge >= 0.3 is 0 Å². The van der Waals surface area contributed by atoms with E-state index in [0.717, 1.165) is 16.8 Å². The lowest BCUT2D eigenvalue weighted by molar-refractivity contribution is 0.0946. The van der Waals surface area contributed by atoms with Crippen LogP contribution in [0.25, 0.3) is 11.1 Å². The van der Waals surface area contributed by atoms with Crippen LogP contribution in [0.4, 0.5) is 0 Å². The summed E-state index contributed by atoms with van der Waals surface area (Å²) in [4.78, 5) is 23.5. The minimum absolute atomic E-state index is 0.179. The third-order valence-electron chi connectivity index (χ3n) is 3.37. The van der Waals surface area contributed by atoms with Crippen molar-refractivity contribution in [2.24, 2.45) is 0 Å². The average Bonchev–Trinajstić information content (AvgIpc) is 3.03. The predicted molar refractivity (Wildman–Crippen MR) is 89.2 cm³/mol. The van der Waals surface area contributed by atoms with Crippen molar-refractivity contribution >= 4 is 17.5 Å². The Morgan fingerprint density at radius 3 is 2.74 bits per heavy atom. The number of nitrogens with zero attached hydrogens (tertiary/aromatic N) is 2. The van der Waals surface area contributed by atoms with Crippen molar-refractivity contribution in [3.63, 3.8) is 0 Å². The zero-order valence-electron chi connectivity index (χ0n) is 12.5. The summed E-state index contributed by atoms with van der Waals surface area (Å²) in [5, 5.41) is 3.52. The fraction of sp³-hybridized carbons (Fsp3) is 0.118. The Bertz CT molecular complexity index is 827. The van der Waals surface area contributed by atoms with E-state index in [2.05, 4.69) is 20.3 Å². The Morgan fingerprint density at radius 1 is 1.22 bits per heavy atom. The molecule has 23 heavy (non-hydrogen) atoms. The third-order valence-corrected chi connectivity index (χ3v) is 3.62. The first-order valence-electron chi connectivity index (χ1n) is 7.13. The molecular weight excluding hydrogens is 312 g/mol. The smallest absolute Gasteiger partial charge is 0.268 e. The van der Waals surface area contributed by atoms with Crippen molar-refractivity contribution in [3.05, 3.63) is 71.0 Å². The summed E-state index contributed by atoms with van der Waals surface area (Å²) in [5.41, 5.74) is 3.21. The molecule has 5 nitrogen and oxygen atoms in total. The average molecular weight is 327 g/mol. The molecular formula is C17H15ClN4O. The zero-order chi connectivity index (χ0) is 16.2. The molecule has 0 fully saturated rings. The predicted octanol–water partition coefficient (Wildman–Crippen LogP) is 3.36. The van der Waals surface area contributed by atoms with Gasteiger partial charge in [0.2, 0.25) is 0 Å². The molecule has 0 radical (unpaired) electrons. The molecule has 0 atom stereocenters. The summed E-state index contributed by atoms with van der Waals surface area (Å²) in [7, 11) is 0. The fourth-order valence-electron chi connectivity index (χ4n) is 2.20. The third kappa shape index (κ3) is 3.76. The number of hydrogen-bond donors (Lipinski definition) is 2. The quantitative estimate of drug-likeness (QED) is 0.772. The Morgan fingerprint density at radius 2 is 2.00 bits per heavy atom. The van der Waals surface area contributed by atoms with Gasteiger partial charge in [0.05, 0.1) is 12.2 Å². The van der Waals surface area contributed by atoms with Crippen LogP contribution in [-0.4, -0.2) is 20.9 Å². The topological polar surface area (TPSA) is 70.7 Å². The number of hydrogen-bond acceptors (Lipinski definition) is 3. The van der Waals surface area contributed by atoms with E-state index in [0.29, 0.717) is 23.1 Å². The monoisotopic (exact) mass is 326 g/mol. The summed E-state index contributed by atoms with van der Waals surface area (Å²) in [6, 6.07) is 11.1. The highest BCUT2D eigenvalue weighted by molar-refractivity contribution is 6.30. The molecule has 0 saturated heterocycles. The van der Waals surface area contributed by atoms with Crippen molar-refractivity contribution in [3.8, 4) is 11.1 Å². The first-order chi connectivity index (χ1) is 11.1. The highest BCUT2D eigenvalue weighted by Gasteiger charge is 2.10. The number of nitrogens with one attached hydrogen (secondary N) is 2. The van der Waals surface area contributed by atoms with Gasteiger partial charge in [-0.3, -0.25) is 4.79 Å². The number of aromatic nitrogens is 3. The van der Waals surface area contributed by atoms with Gasteiger partial charge in [-0.2, -0.15) is 0 Å². The SMILES string of the molecule is Cc1nccc(CNC(=O)c2cc(-c3ccc(Cl)cc3)c[nH]2)n1. The van der Waals surface area contributed by atoms with Crippen LogP contribution in [0.2, 0.25) is 5.02 Å². The molecule has 3 aromatic rings. The molecule has 3 rings (SSSR count). The summed E-state index contributed by atoms with van der Waals surface area (Å²) < 4.78 is 0. The second-order valence-electron chi connectivity index (χ2n) is 5.09. The summed E-state index contributed by atoms with van der Waals surface area (Å²) in [6.07, 6.45) is 3.48. The normalized spacial score (nSPS) is 10.5. The van der Waals surface area contributed by atoms with Gasteiger partial charge < -0.3 is 10.3 Å². The second-order valence-corrected chi connectivity index (χ2v) is 5.52. The molecule has 1 amide bonds. The van der Waals surface area contributed by atoms with Gasteiger partial charge in [0.1, 0.15) is 11.5 Å². The standard InChI is InChI=1S/C17H15ClN4O/c1-11-19-7-6-15(22-11)10-21-17(23)16-8-13(9-20-16)12-2-4-14(18)5-3-12/h2-9,20H,10H2,1H3,(H,21,23). The van der Waals surface area contributed by atoms with Crippen molar-refractivity contribution in [2.75, 3.05) is 0 Å². The van der Waals surface area contributed by atoms with E-state index in [4.69, 9.17) is 11.6 Å². The van der Waals surface area contributed by atoms with Crippen LogP contribution in [-0.2, 0) is 6.54 Å². The molecule has 0 aliphatic carbocycles. The number of aromatic amines is 1. The molecule has 0 bridgehead atoms. The van der Waals surface area contributed by atoms with E-state index < -0.39 is 0 Å². The minimum Gasteiger partial charge on any atom is -0.357 e. The van der Waals surface area contributed by atoms with E-state index in [1.165, 1.54) is 0 Å². The number of carbonyl (C=O) groups excluding carboxylic acids is 1. The van der Waals surface area contributed by atoms with Gasteiger partial charge in [-0.1, -0.05) is 23.7 Å². The maximum absolute atomic E-state index is 12.2. The zero-order valence-corrected chi connectivity index (χ0v) is 13.3. The van der Waals surface area contributed by atoms with E-state index in [9.17, 15) is 4.79 Å².